The summed E-state index contributed by atoms with van der Waals surface area (Å²) in [6.45, 7) is 4.73. The number of pyridine rings is 2. The fraction of sp³-hybridized carbons (Fsp3) is 0.457. The summed E-state index contributed by atoms with van der Waals surface area (Å²) in [5.74, 6) is 3.27. The predicted molar refractivity (Wildman–Crippen MR) is 243 cm³/mol. The summed E-state index contributed by atoms with van der Waals surface area (Å²) in [7, 11) is -3.54. The van der Waals surface area contributed by atoms with Crippen LogP contribution in [-0.2, 0) is 63.8 Å². The number of cyclic esters (lactones) is 1. The zero-order valence-corrected chi connectivity index (χ0v) is 38.8. The van der Waals surface area contributed by atoms with Crippen molar-refractivity contribution in [2.75, 3.05) is 26.1 Å². The Bertz CT molecular complexity index is 2910. The minimum absolute atomic E-state index is 0.00198. The fourth-order valence-corrected chi connectivity index (χ4v) is 8.66. The standard InChI is InChI=1S/C46H53N9O12S/c1-5-46(62)31-16-34-40-29(22-55(34)43(60)30(31)23-65-44(46)61)28(27-15-35-36(67-24-66-35)17-33(27)52-40)20-48-38(57)21-49-41(58)32(12-9-10-14-47)53-42(59)39(25(2)3)54-37(56)13-8-6-7-11-26-18-50-45(51-19-26)68(4,63)64/h15-19,25,32,39,62H,5-6,8-10,12-14,20-24,47H2,1-4H3,(H,48,57)(H,49,58)(H,53,59)(H,54,56)/t32?,39?,46-/m0/s1. The maximum absolute atomic E-state index is 13.9. The van der Waals surface area contributed by atoms with Crippen LogP contribution in [0.4, 0.5) is 0 Å². The lowest BCUT2D eigenvalue weighted by Gasteiger charge is -2.31. The molecular weight excluding hydrogens is 903 g/mol. The molecule has 0 aliphatic carbocycles. The average molecular weight is 956 g/mol. The van der Waals surface area contributed by atoms with Gasteiger partial charge in [-0.25, -0.2) is 28.2 Å². The van der Waals surface area contributed by atoms with Crippen LogP contribution in [0.25, 0.3) is 22.3 Å². The van der Waals surface area contributed by atoms with Crippen LogP contribution in [0.5, 0.6) is 11.5 Å². The predicted octanol–water partition coefficient (Wildman–Crippen LogP) is 0.711. The molecule has 7 rings (SSSR count). The van der Waals surface area contributed by atoms with Crippen LogP contribution in [0.1, 0.15) is 93.5 Å². The number of carbonyl (C=O) groups is 5. The first kappa shape index (κ1) is 49.0. The number of ether oxygens (including phenoxy) is 3. The largest absolute Gasteiger partial charge is 0.458 e. The molecular formula is C46H53N9O12S. The minimum atomic E-state index is -3.54. The molecule has 1 aromatic carbocycles. The summed E-state index contributed by atoms with van der Waals surface area (Å²) in [5, 5.41) is 22.7. The van der Waals surface area contributed by atoms with E-state index in [0.29, 0.717) is 82.7 Å². The number of unbranched alkanes of at least 4 members (excludes halogenated alkanes) is 2. The van der Waals surface area contributed by atoms with Crippen LogP contribution in [0.15, 0.2) is 40.5 Å². The maximum Gasteiger partial charge on any atom is 0.343 e. The van der Waals surface area contributed by atoms with E-state index in [9.17, 15) is 42.3 Å². The lowest BCUT2D eigenvalue weighted by atomic mass is 9.86. The Balaban J connectivity index is 0.998. The molecule has 0 radical (unpaired) electrons. The van der Waals surface area contributed by atoms with Gasteiger partial charge in [0, 0.05) is 60.6 Å². The van der Waals surface area contributed by atoms with Gasteiger partial charge in [0.05, 0.1) is 41.1 Å². The summed E-state index contributed by atoms with van der Waals surface area (Å²) in [5.41, 5.74) is 6.46. The van der Waals surface area contributed by atoms with Crippen molar-refractivity contribution in [2.24, 2.45) is 11.7 Å². The van der Waals surface area contributed by atoms with Crippen molar-refractivity contribution in [1.82, 2.24) is 40.8 Å². The number of aliphatic hydroxyl groups is 1. The number of sulfone groups is 1. The van der Waals surface area contributed by atoms with Crippen molar-refractivity contribution in [1.29, 1.82) is 0 Å². The number of hydrogen-bond acceptors (Lipinski definition) is 16. The SMILES string of the molecule is CC[C@@]1(O)C(=O)OCc2c1cc1n(c2=O)Cc2c-1nc1cc3c(cc1c2CNC(=O)CNC(=O)C(CCCCN)NC(=O)C(NC(=O)CCCC#Cc1cnc(S(C)(=O)=O)nc1)C(C)C)OCO3. The van der Waals surface area contributed by atoms with E-state index in [4.69, 9.17) is 24.9 Å². The lowest BCUT2D eigenvalue weighted by Crippen LogP contribution is -2.56. The number of carbonyl (C=O) groups excluding carboxylic acids is 5. The molecule has 6 heterocycles. The van der Waals surface area contributed by atoms with Crippen LogP contribution in [0.3, 0.4) is 0 Å². The fourth-order valence-electron chi connectivity index (χ4n) is 8.17. The van der Waals surface area contributed by atoms with E-state index < -0.39 is 69.2 Å². The van der Waals surface area contributed by atoms with E-state index in [1.807, 2.05) is 0 Å². The first-order valence-electron chi connectivity index (χ1n) is 22.2. The van der Waals surface area contributed by atoms with Gasteiger partial charge in [0.25, 0.3) is 5.56 Å². The van der Waals surface area contributed by atoms with E-state index in [-0.39, 0.29) is 68.0 Å². The van der Waals surface area contributed by atoms with E-state index in [1.165, 1.54) is 17.0 Å². The molecule has 0 spiro atoms. The monoisotopic (exact) mass is 955 g/mol. The molecule has 21 nitrogen and oxygen atoms in total. The third kappa shape index (κ3) is 10.4. The molecule has 3 aromatic heterocycles. The molecule has 0 saturated heterocycles. The van der Waals surface area contributed by atoms with E-state index in [0.717, 1.165) is 6.26 Å². The van der Waals surface area contributed by atoms with Crippen molar-refractivity contribution in [3.8, 4) is 34.7 Å². The third-order valence-electron chi connectivity index (χ3n) is 11.9. The van der Waals surface area contributed by atoms with Crippen molar-refractivity contribution in [3.63, 3.8) is 0 Å². The van der Waals surface area contributed by atoms with Crippen LogP contribution < -0.4 is 42.0 Å². The van der Waals surface area contributed by atoms with E-state index in [2.05, 4.69) is 43.1 Å². The van der Waals surface area contributed by atoms with Crippen LogP contribution >= 0.6 is 0 Å². The van der Waals surface area contributed by atoms with Gasteiger partial charge in [-0.05, 0) is 62.3 Å². The molecule has 4 amide bonds. The van der Waals surface area contributed by atoms with Crippen molar-refractivity contribution >= 4 is 50.3 Å². The Morgan fingerprint density at radius 3 is 2.38 bits per heavy atom. The van der Waals surface area contributed by atoms with Gasteiger partial charge < -0.3 is 50.9 Å². The van der Waals surface area contributed by atoms with Gasteiger partial charge in [-0.15, -0.1) is 0 Å². The first-order chi connectivity index (χ1) is 32.4. The second-order valence-corrected chi connectivity index (χ2v) is 19.0. The molecule has 0 bridgehead atoms. The van der Waals surface area contributed by atoms with Crippen molar-refractivity contribution in [3.05, 3.63) is 68.8 Å². The summed E-state index contributed by atoms with van der Waals surface area (Å²) in [6.07, 6.45) is 5.59. The Kier molecular flexibility index (Phi) is 14.8. The summed E-state index contributed by atoms with van der Waals surface area (Å²) >= 11 is 0. The van der Waals surface area contributed by atoms with Crippen molar-refractivity contribution in [2.45, 2.75) is 108 Å². The van der Waals surface area contributed by atoms with Crippen LogP contribution in [0.2, 0.25) is 0 Å². The van der Waals surface area contributed by atoms with Crippen LogP contribution in [-0.4, -0.2) is 101 Å². The molecule has 3 atom stereocenters. The Labute approximate surface area is 391 Å². The number of esters is 1. The van der Waals surface area contributed by atoms with Gasteiger partial charge in [0.15, 0.2) is 17.1 Å². The minimum Gasteiger partial charge on any atom is -0.458 e. The summed E-state index contributed by atoms with van der Waals surface area (Å²) in [4.78, 5) is 92.9. The molecule has 68 heavy (non-hydrogen) atoms. The molecule has 360 valence electrons. The number of hydrogen-bond donors (Lipinski definition) is 6. The van der Waals surface area contributed by atoms with Crippen LogP contribution in [0, 0.1) is 17.8 Å². The highest BCUT2D eigenvalue weighted by Crippen LogP contribution is 2.43. The quantitative estimate of drug-likeness (QED) is 0.0305. The number of aromatic nitrogens is 4. The normalized spacial score (nSPS) is 16.4. The number of fused-ring (bicyclic) bond motifs is 6. The average Bonchev–Trinajstić information content (AvgIpc) is 3.93. The lowest BCUT2D eigenvalue weighted by molar-refractivity contribution is -0.172. The van der Waals surface area contributed by atoms with E-state index in [1.54, 1.807) is 39.0 Å². The Morgan fingerprint density at radius 1 is 0.956 bits per heavy atom. The second-order valence-electron chi connectivity index (χ2n) is 17.1. The smallest absolute Gasteiger partial charge is 0.343 e. The number of nitrogens with zero attached hydrogens (tertiary/aromatic N) is 4. The first-order valence-corrected chi connectivity index (χ1v) is 24.1. The second kappa shape index (κ2) is 20.5. The highest BCUT2D eigenvalue weighted by atomic mass is 32.2. The van der Waals surface area contributed by atoms with Gasteiger partial charge >= 0.3 is 5.97 Å². The van der Waals surface area contributed by atoms with Gasteiger partial charge in [-0.2, -0.15) is 0 Å². The maximum atomic E-state index is 13.9. The van der Waals surface area contributed by atoms with E-state index >= 15 is 0 Å². The van der Waals surface area contributed by atoms with Gasteiger partial charge in [-0.3, -0.25) is 24.0 Å². The summed E-state index contributed by atoms with van der Waals surface area (Å²) in [6, 6.07) is 2.99. The third-order valence-corrected chi connectivity index (χ3v) is 12.8. The molecule has 3 aliphatic rings. The molecule has 22 heteroatoms. The number of amides is 4. The number of nitrogens with one attached hydrogen (secondary N) is 4. The van der Waals surface area contributed by atoms with Gasteiger partial charge in [-0.1, -0.05) is 32.6 Å². The highest BCUT2D eigenvalue weighted by Gasteiger charge is 2.45. The molecule has 3 aliphatic heterocycles. The van der Waals surface area contributed by atoms with Crippen molar-refractivity contribution < 1.29 is 51.7 Å². The van der Waals surface area contributed by atoms with Gasteiger partial charge in [0.1, 0.15) is 18.7 Å². The Hall–Kier alpha value is -6.96. The highest BCUT2D eigenvalue weighted by molar-refractivity contribution is 7.90. The molecule has 7 N–H and O–H groups in total. The number of nitrogens with two attached hydrogens (primary N) is 1. The molecule has 0 saturated carbocycles. The zero-order valence-electron chi connectivity index (χ0n) is 38.0. The number of rotatable bonds is 18. The topological polar surface area (TPSA) is 302 Å². The number of benzene rings is 1. The Morgan fingerprint density at radius 2 is 1.69 bits per heavy atom. The molecule has 2 unspecified atom stereocenters. The van der Waals surface area contributed by atoms with Gasteiger partial charge in [0.2, 0.25) is 45.4 Å². The summed E-state index contributed by atoms with van der Waals surface area (Å²) < 4.78 is 41.1. The zero-order chi connectivity index (χ0) is 48.9. The molecule has 4 aromatic rings. The molecule has 0 fully saturated rings.